The number of carbonyl (C=O) groups excluding carboxylic acids is 1. The number of carbonyl (C=O) groups is 1. The van der Waals surface area contributed by atoms with Crippen molar-refractivity contribution < 1.29 is 31.2 Å². The predicted octanol–water partition coefficient (Wildman–Crippen LogP) is 1.82. The number of amidine groups is 1. The van der Waals surface area contributed by atoms with Gasteiger partial charge in [-0.1, -0.05) is 6.07 Å². The van der Waals surface area contributed by atoms with Gasteiger partial charge >= 0.3 is 0 Å². The normalized spacial score (nSPS) is 14.8. The Labute approximate surface area is 213 Å². The lowest BCUT2D eigenvalue weighted by Crippen LogP contribution is -2.51. The number of hydrogen-bond donors (Lipinski definition) is 4. The highest BCUT2D eigenvalue weighted by molar-refractivity contribution is 7.89. The van der Waals surface area contributed by atoms with Gasteiger partial charge in [0.15, 0.2) is 11.7 Å². The maximum atomic E-state index is 13.6. The first-order valence-electron chi connectivity index (χ1n) is 10.5. The van der Waals surface area contributed by atoms with Crippen LogP contribution in [0.4, 0.5) is 17.2 Å². The van der Waals surface area contributed by atoms with E-state index in [1.54, 1.807) is 13.0 Å². The van der Waals surface area contributed by atoms with E-state index in [0.29, 0.717) is 15.6 Å². The minimum absolute atomic E-state index is 0.0221. The van der Waals surface area contributed by atoms with Gasteiger partial charge in [-0.05, 0) is 55.0 Å². The summed E-state index contributed by atoms with van der Waals surface area (Å²) in [6.07, 6.45) is -0.284. The Bertz CT molecular complexity index is 1600. The van der Waals surface area contributed by atoms with E-state index in [9.17, 15) is 21.6 Å². The van der Waals surface area contributed by atoms with Gasteiger partial charge in [-0.3, -0.25) is 14.4 Å². The molecule has 1 amide bonds. The van der Waals surface area contributed by atoms with Crippen molar-refractivity contribution in [3.05, 3.63) is 65.9 Å². The van der Waals surface area contributed by atoms with Crippen LogP contribution in [0, 0.1) is 18.3 Å². The summed E-state index contributed by atoms with van der Waals surface area (Å²) in [7, 11) is -6.09. The number of hydrogen-bond acceptors (Lipinski definition) is 9. The lowest BCUT2D eigenvalue weighted by Gasteiger charge is -2.30. The Balaban J connectivity index is 1.77. The number of nitrogens with one attached hydrogen (secondary N) is 3. The van der Waals surface area contributed by atoms with Crippen molar-refractivity contribution in [1.29, 1.82) is 5.26 Å². The number of aromatic nitrogens is 1. The zero-order chi connectivity index (χ0) is 26.7. The number of rotatable bonds is 8. The molecule has 0 radical (unpaired) electrons. The average molecular weight is 545 g/mol. The number of ether oxygens (including phenoxy) is 1. The molecule has 0 bridgehead atoms. The fourth-order valence-electron chi connectivity index (χ4n) is 3.45. The van der Waals surface area contributed by atoms with Gasteiger partial charge in [0, 0.05) is 11.9 Å². The fraction of sp³-hybridized carbons (Fsp3) is 0.136. The standard InChI is InChI=1S/C22H20N6O7S2/c1-13-3-6-15(27-36(30)31)11-17(13)25-22(29)19(35-16-7-4-14(12-23)5-8-16)21-26-20-18(9-10-24-20)37(32,33)28(21)34-2/h3-11,19,24,36H,1-2H3,(H,25,29)(H,27,30,31). The lowest BCUT2D eigenvalue weighted by molar-refractivity contribution is -0.121. The number of thiol groups is 1. The number of amides is 1. The summed E-state index contributed by atoms with van der Waals surface area (Å²) in [5.41, 5.74) is 1.38. The van der Waals surface area contributed by atoms with E-state index in [1.807, 2.05) is 6.07 Å². The quantitative estimate of drug-likeness (QED) is 0.310. The molecule has 1 aliphatic rings. The molecule has 1 atom stereocenters. The number of aryl methyl sites for hydroxylation is 1. The first kappa shape index (κ1) is 25.7. The van der Waals surface area contributed by atoms with Gasteiger partial charge in [0.25, 0.3) is 15.9 Å². The third kappa shape index (κ3) is 5.26. The maximum Gasteiger partial charge on any atom is 0.291 e. The molecule has 0 aliphatic carbocycles. The molecule has 2 aromatic carbocycles. The van der Waals surface area contributed by atoms with E-state index < -0.39 is 38.8 Å². The minimum atomic E-state index is -4.25. The number of aliphatic imine (C=N–C) groups is 1. The molecule has 0 saturated heterocycles. The molecular formula is C22H20N6O7S2. The monoisotopic (exact) mass is 544 g/mol. The van der Waals surface area contributed by atoms with Crippen LogP contribution in [0.3, 0.4) is 0 Å². The Morgan fingerprint density at radius 1 is 1.19 bits per heavy atom. The zero-order valence-electron chi connectivity index (χ0n) is 19.3. The Morgan fingerprint density at radius 2 is 1.92 bits per heavy atom. The van der Waals surface area contributed by atoms with Crippen LogP contribution in [0.5, 0.6) is 5.75 Å². The number of H-pyrrole nitrogens is 1. The van der Waals surface area contributed by atoms with Crippen molar-refractivity contribution in [3.8, 4) is 11.8 Å². The van der Waals surface area contributed by atoms with Crippen molar-refractivity contribution in [3.63, 3.8) is 0 Å². The smallest absolute Gasteiger partial charge is 0.291 e. The van der Waals surface area contributed by atoms with E-state index in [-0.39, 0.29) is 27.8 Å². The van der Waals surface area contributed by atoms with Gasteiger partial charge in [0.2, 0.25) is 17.0 Å². The number of benzene rings is 2. The number of nitriles is 1. The van der Waals surface area contributed by atoms with Crippen LogP contribution in [-0.2, 0) is 30.5 Å². The van der Waals surface area contributed by atoms with Gasteiger partial charge in [0.05, 0.1) is 24.4 Å². The lowest BCUT2D eigenvalue weighted by atomic mass is 10.1. The molecule has 0 fully saturated rings. The van der Waals surface area contributed by atoms with Crippen molar-refractivity contribution in [2.75, 3.05) is 17.1 Å². The Kier molecular flexibility index (Phi) is 7.16. The first-order valence-corrected chi connectivity index (χ1v) is 13.1. The minimum Gasteiger partial charge on any atom is -0.472 e. The highest BCUT2D eigenvalue weighted by Gasteiger charge is 2.43. The van der Waals surface area contributed by atoms with Crippen LogP contribution in [-0.4, -0.2) is 51.2 Å². The van der Waals surface area contributed by atoms with Crippen molar-refractivity contribution >= 4 is 49.8 Å². The number of sulfonamides is 1. The summed E-state index contributed by atoms with van der Waals surface area (Å²) < 4.78 is 57.0. The van der Waals surface area contributed by atoms with E-state index >= 15 is 0 Å². The van der Waals surface area contributed by atoms with Gasteiger partial charge < -0.3 is 15.0 Å². The van der Waals surface area contributed by atoms with E-state index in [2.05, 4.69) is 20.0 Å². The molecule has 37 heavy (non-hydrogen) atoms. The molecule has 1 aromatic heterocycles. The fourth-order valence-corrected chi connectivity index (χ4v) is 5.15. The second-order valence-electron chi connectivity index (χ2n) is 7.60. The molecule has 1 unspecified atom stereocenters. The molecular weight excluding hydrogens is 524 g/mol. The van der Waals surface area contributed by atoms with Crippen LogP contribution in [0.2, 0.25) is 0 Å². The average Bonchev–Trinajstić information content (AvgIpc) is 3.34. The van der Waals surface area contributed by atoms with Crippen molar-refractivity contribution in [2.24, 2.45) is 4.99 Å². The van der Waals surface area contributed by atoms with Crippen molar-refractivity contribution in [1.82, 2.24) is 9.45 Å². The largest absolute Gasteiger partial charge is 0.472 e. The predicted molar refractivity (Wildman–Crippen MR) is 133 cm³/mol. The molecule has 0 spiro atoms. The number of fused-ring (bicyclic) bond motifs is 1. The SMILES string of the molecule is CON1C(C(Oc2ccc(C#N)cc2)C(=O)Nc2cc(N[SH](=O)=O)ccc2C)=Nc2[nH]ccc2S1(=O)=O. The molecule has 192 valence electrons. The molecule has 2 heterocycles. The first-order chi connectivity index (χ1) is 17.6. The molecule has 3 aromatic rings. The van der Waals surface area contributed by atoms with Crippen LogP contribution in [0.15, 0.2) is 64.6 Å². The van der Waals surface area contributed by atoms with Crippen LogP contribution in [0.1, 0.15) is 11.1 Å². The summed E-state index contributed by atoms with van der Waals surface area (Å²) in [5.74, 6) is -1.11. The number of nitrogens with zero attached hydrogens (tertiary/aromatic N) is 3. The zero-order valence-corrected chi connectivity index (χ0v) is 21.0. The highest BCUT2D eigenvalue weighted by atomic mass is 32.2. The van der Waals surface area contributed by atoms with Crippen LogP contribution < -0.4 is 14.8 Å². The van der Waals surface area contributed by atoms with Gasteiger partial charge in [-0.2, -0.15) is 13.7 Å². The summed E-state index contributed by atoms with van der Waals surface area (Å²) in [6, 6.07) is 13.6. The Hall–Kier alpha value is -4.39. The number of anilines is 2. The number of aromatic amines is 1. The Morgan fingerprint density at radius 3 is 2.57 bits per heavy atom. The van der Waals surface area contributed by atoms with Gasteiger partial charge in [0.1, 0.15) is 10.6 Å². The van der Waals surface area contributed by atoms with E-state index in [4.69, 9.17) is 14.8 Å². The topological polar surface area (TPSA) is 183 Å². The summed E-state index contributed by atoms with van der Waals surface area (Å²) in [4.78, 5) is 25.5. The summed E-state index contributed by atoms with van der Waals surface area (Å²) >= 11 is 0. The van der Waals surface area contributed by atoms with E-state index in [0.717, 1.165) is 7.11 Å². The van der Waals surface area contributed by atoms with Gasteiger partial charge in [-0.25, -0.2) is 13.4 Å². The molecule has 0 saturated carbocycles. The summed E-state index contributed by atoms with van der Waals surface area (Å²) in [5, 5.41) is 11.7. The van der Waals surface area contributed by atoms with Crippen molar-refractivity contribution in [2.45, 2.75) is 17.9 Å². The molecule has 4 rings (SSSR count). The van der Waals surface area contributed by atoms with Gasteiger partial charge in [-0.15, -0.1) is 4.47 Å². The number of hydroxylamine groups is 1. The maximum absolute atomic E-state index is 13.6. The van der Waals surface area contributed by atoms with Crippen LogP contribution >= 0.6 is 0 Å². The van der Waals surface area contributed by atoms with E-state index in [1.165, 1.54) is 48.7 Å². The molecule has 3 N–H and O–H groups in total. The third-order valence-corrected chi connectivity index (χ3v) is 7.29. The second kappa shape index (κ2) is 10.3. The molecule has 13 nitrogen and oxygen atoms in total. The van der Waals surface area contributed by atoms with Crippen LogP contribution in [0.25, 0.3) is 0 Å². The third-order valence-electron chi connectivity index (χ3n) is 5.19. The molecule has 1 aliphatic heterocycles. The second-order valence-corrected chi connectivity index (χ2v) is 10.1. The summed E-state index contributed by atoms with van der Waals surface area (Å²) in [6.45, 7) is 1.68. The molecule has 15 heteroatoms. The highest BCUT2D eigenvalue weighted by Crippen LogP contribution is 2.33.